The summed E-state index contributed by atoms with van der Waals surface area (Å²) in [7, 11) is 0. The average Bonchev–Trinajstić information content (AvgIpc) is 2.42. The molecule has 0 saturated heterocycles. The predicted octanol–water partition coefficient (Wildman–Crippen LogP) is 5.64. The van der Waals surface area contributed by atoms with Gasteiger partial charge in [-0.2, -0.15) is 0 Å². The van der Waals surface area contributed by atoms with Gasteiger partial charge in [0.1, 0.15) is 0 Å². The van der Waals surface area contributed by atoms with Gasteiger partial charge in [0.15, 0.2) is 5.78 Å². The molecule has 0 saturated carbocycles. The van der Waals surface area contributed by atoms with Gasteiger partial charge in [0.05, 0.1) is 0 Å². The van der Waals surface area contributed by atoms with Gasteiger partial charge in [0.25, 0.3) is 5.97 Å². The second kappa shape index (κ2) is 13.5. The number of unbranched alkanes of at least 4 members (excludes halogenated alkanes) is 1. The molecule has 0 atom stereocenters. The molecule has 3 heteroatoms. The lowest BCUT2D eigenvalue weighted by Gasteiger charge is -2.21. The molecule has 0 aliphatic carbocycles. The van der Waals surface area contributed by atoms with Crippen LogP contribution >= 0.6 is 0 Å². The summed E-state index contributed by atoms with van der Waals surface area (Å²) in [5.41, 5.74) is -0.185. The molecule has 0 fully saturated rings. The number of aliphatic carboxylic acids is 1. The van der Waals surface area contributed by atoms with Crippen LogP contribution in [-0.4, -0.2) is 16.9 Å². The molecule has 1 N–H and O–H groups in total. The lowest BCUT2D eigenvalue weighted by atomic mass is 9.82. The third-order valence-corrected chi connectivity index (χ3v) is 3.66. The Balaban J connectivity index is 0. The molecular weight excluding hydrogens is 276 g/mol. The molecule has 0 aliphatic heterocycles. The summed E-state index contributed by atoms with van der Waals surface area (Å²) in [5.74, 6) is 0.0547. The van der Waals surface area contributed by atoms with E-state index in [1.54, 1.807) is 0 Å². The van der Waals surface area contributed by atoms with Crippen molar-refractivity contribution in [1.29, 1.82) is 0 Å². The van der Waals surface area contributed by atoms with E-state index in [-0.39, 0.29) is 5.41 Å². The van der Waals surface area contributed by atoms with Crippen LogP contribution in [0.25, 0.3) is 0 Å². The Morgan fingerprint density at radius 2 is 1.50 bits per heavy atom. The number of carboxylic acids is 1. The van der Waals surface area contributed by atoms with Crippen LogP contribution in [0, 0.1) is 11.3 Å². The first-order valence-corrected chi connectivity index (χ1v) is 8.63. The van der Waals surface area contributed by atoms with Crippen LogP contribution in [-0.2, 0) is 9.59 Å². The molecule has 22 heavy (non-hydrogen) atoms. The predicted molar refractivity (Wildman–Crippen MR) is 94.1 cm³/mol. The second-order valence-electron chi connectivity index (χ2n) is 6.57. The zero-order valence-electron chi connectivity index (χ0n) is 15.4. The molecule has 0 bridgehead atoms. The summed E-state index contributed by atoms with van der Waals surface area (Å²) < 4.78 is 0. The smallest absolute Gasteiger partial charge is 0.300 e. The number of carboxylic acid groups (broad SMARTS) is 1. The first kappa shape index (κ1) is 23.2. The van der Waals surface area contributed by atoms with Crippen LogP contribution in [0.15, 0.2) is 12.2 Å². The quantitative estimate of drug-likeness (QED) is 0.531. The number of ketones is 1. The van der Waals surface area contributed by atoms with E-state index >= 15 is 0 Å². The topological polar surface area (TPSA) is 54.4 Å². The number of allylic oxidation sites excluding steroid dienone is 2. The summed E-state index contributed by atoms with van der Waals surface area (Å²) >= 11 is 0. The zero-order chi connectivity index (χ0) is 17.6. The van der Waals surface area contributed by atoms with Gasteiger partial charge in [-0.25, -0.2) is 0 Å². The van der Waals surface area contributed by atoms with Crippen LogP contribution in [0.3, 0.4) is 0 Å². The van der Waals surface area contributed by atoms with E-state index in [1.165, 1.54) is 25.7 Å². The standard InChI is InChI=1S/C17H32O.C2H4O2/c1-6-9-14-17(4,5)16(18)13-12-15(10-7-2)11-8-3;1-2(3)4/h12-13,15H,6-11,14H2,1-5H3;1H3,(H,3,4)/b13-12+;. The van der Waals surface area contributed by atoms with E-state index in [0.717, 1.165) is 26.2 Å². The molecular formula is C19H36O3. The van der Waals surface area contributed by atoms with Gasteiger partial charge < -0.3 is 5.11 Å². The molecule has 130 valence electrons. The normalized spacial score (nSPS) is 11.4. The number of carbonyl (C=O) groups excluding carboxylic acids is 1. The van der Waals surface area contributed by atoms with Crippen LogP contribution in [0.4, 0.5) is 0 Å². The fraction of sp³-hybridized carbons (Fsp3) is 0.789. The first-order chi connectivity index (χ1) is 10.2. The Morgan fingerprint density at radius 3 is 1.86 bits per heavy atom. The summed E-state index contributed by atoms with van der Waals surface area (Å²) in [6, 6.07) is 0. The monoisotopic (exact) mass is 312 g/mol. The van der Waals surface area contributed by atoms with Crippen LogP contribution in [0.5, 0.6) is 0 Å². The second-order valence-corrected chi connectivity index (χ2v) is 6.57. The van der Waals surface area contributed by atoms with Crippen molar-refractivity contribution >= 4 is 11.8 Å². The van der Waals surface area contributed by atoms with E-state index in [2.05, 4.69) is 40.7 Å². The summed E-state index contributed by atoms with van der Waals surface area (Å²) in [5, 5.41) is 7.42. The van der Waals surface area contributed by atoms with Gasteiger partial charge in [0.2, 0.25) is 0 Å². The van der Waals surface area contributed by atoms with Crippen molar-refractivity contribution in [2.24, 2.45) is 11.3 Å². The first-order valence-electron chi connectivity index (χ1n) is 8.63. The zero-order valence-corrected chi connectivity index (χ0v) is 15.4. The van der Waals surface area contributed by atoms with Crippen molar-refractivity contribution in [3.8, 4) is 0 Å². The minimum atomic E-state index is -0.833. The number of carbonyl (C=O) groups is 2. The SMILES string of the molecule is CC(=O)O.CCCCC(C)(C)C(=O)/C=C/C(CCC)CCC. The van der Waals surface area contributed by atoms with Crippen molar-refractivity contribution in [3.63, 3.8) is 0 Å². The molecule has 0 aliphatic rings. The largest absolute Gasteiger partial charge is 0.481 e. The Morgan fingerprint density at radius 1 is 1.05 bits per heavy atom. The minimum Gasteiger partial charge on any atom is -0.481 e. The highest BCUT2D eigenvalue weighted by Gasteiger charge is 2.24. The fourth-order valence-electron chi connectivity index (χ4n) is 2.27. The van der Waals surface area contributed by atoms with Crippen LogP contribution in [0.2, 0.25) is 0 Å². The summed E-state index contributed by atoms with van der Waals surface area (Å²) in [6.45, 7) is 11.8. The summed E-state index contributed by atoms with van der Waals surface area (Å²) in [6.07, 6.45) is 12.1. The molecule has 0 aromatic heterocycles. The lowest BCUT2D eigenvalue weighted by molar-refractivity contribution is -0.134. The highest BCUT2D eigenvalue weighted by Crippen LogP contribution is 2.25. The molecule has 0 spiro atoms. The van der Waals surface area contributed by atoms with Gasteiger partial charge >= 0.3 is 0 Å². The molecule has 0 aromatic rings. The van der Waals surface area contributed by atoms with Crippen molar-refractivity contribution in [2.45, 2.75) is 86.5 Å². The molecule has 3 nitrogen and oxygen atoms in total. The lowest BCUT2D eigenvalue weighted by Crippen LogP contribution is -2.22. The Labute approximate surface area is 137 Å². The number of hydrogen-bond donors (Lipinski definition) is 1. The maximum Gasteiger partial charge on any atom is 0.300 e. The highest BCUT2D eigenvalue weighted by molar-refractivity contribution is 5.94. The summed E-state index contributed by atoms with van der Waals surface area (Å²) in [4.78, 5) is 21.2. The van der Waals surface area contributed by atoms with Gasteiger partial charge in [-0.3, -0.25) is 9.59 Å². The Hall–Kier alpha value is -1.12. The molecule has 0 rings (SSSR count). The maximum absolute atomic E-state index is 12.2. The Bertz CT molecular complexity index is 320. The molecule has 0 aromatic carbocycles. The van der Waals surface area contributed by atoms with Crippen LogP contribution in [0.1, 0.15) is 86.5 Å². The van der Waals surface area contributed by atoms with E-state index in [1.807, 2.05) is 6.08 Å². The minimum absolute atomic E-state index is 0.185. The van der Waals surface area contributed by atoms with E-state index in [4.69, 9.17) is 9.90 Å². The van der Waals surface area contributed by atoms with E-state index in [9.17, 15) is 4.79 Å². The maximum atomic E-state index is 12.2. The van der Waals surface area contributed by atoms with Crippen molar-refractivity contribution < 1.29 is 14.7 Å². The third-order valence-electron chi connectivity index (χ3n) is 3.66. The van der Waals surface area contributed by atoms with Crippen molar-refractivity contribution in [2.75, 3.05) is 0 Å². The highest BCUT2D eigenvalue weighted by atomic mass is 16.4. The van der Waals surface area contributed by atoms with Crippen LogP contribution < -0.4 is 0 Å². The molecule has 0 heterocycles. The Kier molecular flexibility index (Phi) is 14.2. The molecule has 0 unspecified atom stereocenters. The van der Waals surface area contributed by atoms with Gasteiger partial charge in [-0.05, 0) is 31.3 Å². The van der Waals surface area contributed by atoms with Gasteiger partial charge in [-0.15, -0.1) is 0 Å². The average molecular weight is 312 g/mol. The molecule has 0 amide bonds. The third kappa shape index (κ3) is 13.8. The van der Waals surface area contributed by atoms with Gasteiger partial charge in [-0.1, -0.05) is 66.4 Å². The van der Waals surface area contributed by atoms with Gasteiger partial charge in [0, 0.05) is 12.3 Å². The van der Waals surface area contributed by atoms with Crippen molar-refractivity contribution in [3.05, 3.63) is 12.2 Å². The fourth-order valence-corrected chi connectivity index (χ4v) is 2.27. The number of rotatable bonds is 10. The number of hydrogen-bond acceptors (Lipinski definition) is 2. The van der Waals surface area contributed by atoms with Crippen molar-refractivity contribution in [1.82, 2.24) is 0 Å². The van der Waals surface area contributed by atoms with E-state index < -0.39 is 5.97 Å². The molecule has 0 radical (unpaired) electrons. The van der Waals surface area contributed by atoms with E-state index in [0.29, 0.717) is 11.7 Å².